The average molecular weight is 304 g/mol. The van der Waals surface area contributed by atoms with E-state index in [-0.39, 0.29) is 12.3 Å². The third-order valence-corrected chi connectivity index (χ3v) is 3.30. The van der Waals surface area contributed by atoms with Crippen LogP contribution < -0.4 is 9.47 Å². The van der Waals surface area contributed by atoms with Crippen molar-refractivity contribution in [2.75, 3.05) is 21.3 Å². The number of carbonyl (C=O) groups excluding carboxylic acids is 1. The van der Waals surface area contributed by atoms with Gasteiger partial charge in [0, 0.05) is 19.7 Å². The summed E-state index contributed by atoms with van der Waals surface area (Å²) in [6, 6.07) is 7.36. The maximum absolute atomic E-state index is 12.2. The molecule has 0 aliphatic rings. The van der Waals surface area contributed by atoms with Crippen LogP contribution >= 0.6 is 0 Å². The number of benzene rings is 1. The van der Waals surface area contributed by atoms with Gasteiger partial charge in [-0.3, -0.25) is 4.79 Å². The van der Waals surface area contributed by atoms with E-state index in [4.69, 9.17) is 14.0 Å². The summed E-state index contributed by atoms with van der Waals surface area (Å²) in [4.78, 5) is 13.8. The predicted molar refractivity (Wildman–Crippen MR) is 81.0 cm³/mol. The van der Waals surface area contributed by atoms with Crippen molar-refractivity contribution in [1.82, 2.24) is 10.1 Å². The van der Waals surface area contributed by atoms with Crippen molar-refractivity contribution in [3.05, 3.63) is 41.3 Å². The Labute approximate surface area is 129 Å². The molecule has 0 aliphatic carbocycles. The van der Waals surface area contributed by atoms with E-state index in [1.165, 1.54) is 0 Å². The molecular weight excluding hydrogens is 284 g/mol. The fourth-order valence-electron chi connectivity index (χ4n) is 2.12. The largest absolute Gasteiger partial charge is 0.493 e. The van der Waals surface area contributed by atoms with Crippen molar-refractivity contribution in [1.29, 1.82) is 0 Å². The second-order valence-corrected chi connectivity index (χ2v) is 5.05. The monoisotopic (exact) mass is 304 g/mol. The maximum atomic E-state index is 12.2. The first-order valence-corrected chi connectivity index (χ1v) is 6.90. The summed E-state index contributed by atoms with van der Waals surface area (Å²) in [6.45, 7) is 2.30. The molecule has 22 heavy (non-hydrogen) atoms. The van der Waals surface area contributed by atoms with Gasteiger partial charge in [0.25, 0.3) is 0 Å². The van der Waals surface area contributed by atoms with Gasteiger partial charge in [0.1, 0.15) is 5.76 Å². The molecular formula is C16H20N2O4. The number of likely N-dealkylation sites (N-methyl/N-ethyl adjacent to an activating group) is 1. The van der Waals surface area contributed by atoms with E-state index in [2.05, 4.69) is 5.16 Å². The van der Waals surface area contributed by atoms with E-state index in [1.807, 2.05) is 25.1 Å². The van der Waals surface area contributed by atoms with Gasteiger partial charge in [-0.05, 0) is 24.6 Å². The molecule has 118 valence electrons. The molecule has 0 spiro atoms. The SMILES string of the molecule is COc1ccc(CN(C)C(=O)Cc2cc(C)no2)cc1OC. The lowest BCUT2D eigenvalue weighted by Gasteiger charge is -2.17. The van der Waals surface area contributed by atoms with Crippen LogP contribution in [0.3, 0.4) is 0 Å². The highest BCUT2D eigenvalue weighted by Gasteiger charge is 2.14. The summed E-state index contributed by atoms with van der Waals surface area (Å²) >= 11 is 0. The topological polar surface area (TPSA) is 64.8 Å². The van der Waals surface area contributed by atoms with Crippen LogP contribution in [-0.2, 0) is 17.8 Å². The predicted octanol–water partition coefficient (Wildman–Crippen LogP) is 2.20. The first-order chi connectivity index (χ1) is 10.5. The summed E-state index contributed by atoms with van der Waals surface area (Å²) in [5, 5.41) is 3.78. The van der Waals surface area contributed by atoms with Gasteiger partial charge >= 0.3 is 0 Å². The van der Waals surface area contributed by atoms with Crippen LogP contribution in [0.25, 0.3) is 0 Å². The Kier molecular flexibility index (Phi) is 5.04. The molecule has 1 aromatic heterocycles. The standard InChI is InChI=1S/C16H20N2O4/c1-11-7-13(22-17-11)9-16(19)18(2)10-12-5-6-14(20-3)15(8-12)21-4/h5-8H,9-10H2,1-4H3. The number of ether oxygens (including phenoxy) is 2. The minimum Gasteiger partial charge on any atom is -0.493 e. The van der Waals surface area contributed by atoms with Gasteiger partial charge in [-0.2, -0.15) is 0 Å². The van der Waals surface area contributed by atoms with Gasteiger partial charge in [-0.15, -0.1) is 0 Å². The zero-order valence-electron chi connectivity index (χ0n) is 13.3. The van der Waals surface area contributed by atoms with Crippen molar-refractivity contribution in [2.45, 2.75) is 19.9 Å². The molecule has 0 saturated carbocycles. The van der Waals surface area contributed by atoms with E-state index < -0.39 is 0 Å². The van der Waals surface area contributed by atoms with Crippen LogP contribution in [0.2, 0.25) is 0 Å². The molecule has 0 N–H and O–H groups in total. The Morgan fingerprint density at radius 3 is 2.55 bits per heavy atom. The average Bonchev–Trinajstić information content (AvgIpc) is 2.92. The Morgan fingerprint density at radius 1 is 1.23 bits per heavy atom. The second-order valence-electron chi connectivity index (χ2n) is 5.05. The number of aromatic nitrogens is 1. The number of hydrogen-bond donors (Lipinski definition) is 0. The van der Waals surface area contributed by atoms with Gasteiger partial charge in [0.05, 0.1) is 26.3 Å². The van der Waals surface area contributed by atoms with Gasteiger partial charge in [-0.25, -0.2) is 0 Å². The lowest BCUT2D eigenvalue weighted by atomic mass is 10.2. The normalized spacial score (nSPS) is 10.4. The van der Waals surface area contributed by atoms with E-state index in [0.29, 0.717) is 23.8 Å². The van der Waals surface area contributed by atoms with Crippen molar-refractivity contribution in [2.24, 2.45) is 0 Å². The van der Waals surface area contributed by atoms with Crippen LogP contribution in [0.4, 0.5) is 0 Å². The van der Waals surface area contributed by atoms with Crippen molar-refractivity contribution in [3.63, 3.8) is 0 Å². The van der Waals surface area contributed by atoms with Crippen LogP contribution in [0.15, 0.2) is 28.8 Å². The highest BCUT2D eigenvalue weighted by Crippen LogP contribution is 2.27. The molecule has 0 saturated heterocycles. The van der Waals surface area contributed by atoms with Crippen LogP contribution in [-0.4, -0.2) is 37.2 Å². The first kappa shape index (κ1) is 15.9. The smallest absolute Gasteiger partial charge is 0.230 e. The Balaban J connectivity index is 2.01. The maximum Gasteiger partial charge on any atom is 0.230 e. The molecule has 0 radical (unpaired) electrons. The van der Waals surface area contributed by atoms with Crippen LogP contribution in [0.5, 0.6) is 11.5 Å². The summed E-state index contributed by atoms with van der Waals surface area (Å²) in [7, 11) is 4.93. The quantitative estimate of drug-likeness (QED) is 0.818. The van der Waals surface area contributed by atoms with Gasteiger partial charge in [0.15, 0.2) is 11.5 Å². The first-order valence-electron chi connectivity index (χ1n) is 6.90. The molecule has 0 unspecified atom stereocenters. The van der Waals surface area contributed by atoms with Crippen LogP contribution in [0, 0.1) is 6.92 Å². The molecule has 0 aliphatic heterocycles. The van der Waals surface area contributed by atoms with Gasteiger partial charge in [-0.1, -0.05) is 11.2 Å². The number of rotatable bonds is 6. The highest BCUT2D eigenvalue weighted by molar-refractivity contribution is 5.77. The van der Waals surface area contributed by atoms with E-state index >= 15 is 0 Å². The summed E-state index contributed by atoms with van der Waals surface area (Å²) < 4.78 is 15.5. The van der Waals surface area contributed by atoms with Crippen molar-refractivity contribution in [3.8, 4) is 11.5 Å². The number of aryl methyl sites for hydroxylation is 1. The fraction of sp³-hybridized carbons (Fsp3) is 0.375. The summed E-state index contributed by atoms with van der Waals surface area (Å²) in [6.07, 6.45) is 0.199. The van der Waals surface area contributed by atoms with Crippen molar-refractivity contribution >= 4 is 5.91 Å². The molecule has 0 bridgehead atoms. The molecule has 0 fully saturated rings. The Hall–Kier alpha value is -2.50. The zero-order chi connectivity index (χ0) is 16.1. The van der Waals surface area contributed by atoms with Gasteiger partial charge in [0.2, 0.25) is 5.91 Å². The van der Waals surface area contributed by atoms with E-state index in [9.17, 15) is 4.79 Å². The van der Waals surface area contributed by atoms with E-state index in [0.717, 1.165) is 11.3 Å². The minimum absolute atomic E-state index is 0.0362. The highest BCUT2D eigenvalue weighted by atomic mass is 16.5. The third-order valence-electron chi connectivity index (χ3n) is 3.30. The molecule has 2 aromatic rings. The number of carbonyl (C=O) groups is 1. The molecule has 1 aromatic carbocycles. The Bertz CT molecular complexity index is 651. The Morgan fingerprint density at radius 2 is 1.95 bits per heavy atom. The van der Waals surface area contributed by atoms with Gasteiger partial charge < -0.3 is 18.9 Å². The lowest BCUT2D eigenvalue weighted by molar-refractivity contribution is -0.130. The molecule has 1 amide bonds. The lowest BCUT2D eigenvalue weighted by Crippen LogP contribution is -2.27. The van der Waals surface area contributed by atoms with Crippen molar-refractivity contribution < 1.29 is 18.8 Å². The van der Waals surface area contributed by atoms with E-state index in [1.54, 1.807) is 32.2 Å². The minimum atomic E-state index is -0.0362. The zero-order valence-corrected chi connectivity index (χ0v) is 13.3. The molecule has 1 heterocycles. The fourth-order valence-corrected chi connectivity index (χ4v) is 2.12. The summed E-state index contributed by atoms with van der Waals surface area (Å²) in [5.74, 6) is 1.84. The number of hydrogen-bond acceptors (Lipinski definition) is 5. The molecule has 2 rings (SSSR count). The molecule has 6 nitrogen and oxygen atoms in total. The molecule has 0 atom stereocenters. The number of nitrogens with zero attached hydrogens (tertiary/aromatic N) is 2. The number of methoxy groups -OCH3 is 2. The second kappa shape index (κ2) is 6.98. The number of amides is 1. The summed E-state index contributed by atoms with van der Waals surface area (Å²) in [5.41, 5.74) is 1.73. The van der Waals surface area contributed by atoms with Crippen LogP contribution in [0.1, 0.15) is 17.0 Å². The molecule has 6 heteroatoms. The third kappa shape index (κ3) is 3.78.